The van der Waals surface area contributed by atoms with Crippen molar-refractivity contribution in [3.8, 4) is 0 Å². The van der Waals surface area contributed by atoms with Crippen LogP contribution in [0.4, 0.5) is 8.78 Å². The second-order valence-corrected chi connectivity index (χ2v) is 15.6. The van der Waals surface area contributed by atoms with Crippen molar-refractivity contribution in [2.75, 3.05) is 0 Å². The molecule has 17 nitrogen and oxygen atoms in total. The molecule has 344 valence electrons. The third kappa shape index (κ3) is 17.6. The SMILES string of the molecule is CC[C@H](NC(C)=O)C(=O)N[C@@H](CCC(=O)O)C(=O)NC(C(=O)N[C@@H](CCC(=O)O)C(=O)N[C@@H](CC1CCCCC1)C(=O)N[C@H](C=O)CC(F)F)C(c1ccccc1)c1ccccc1. The maximum atomic E-state index is 14.8. The number of carboxylic acids is 2. The highest BCUT2D eigenvalue weighted by Crippen LogP contribution is 2.30. The van der Waals surface area contributed by atoms with E-state index >= 15 is 0 Å². The van der Waals surface area contributed by atoms with Gasteiger partial charge < -0.3 is 46.9 Å². The number of nitrogens with one attached hydrogen (secondary N) is 6. The summed E-state index contributed by atoms with van der Waals surface area (Å²) < 4.78 is 26.4. The number of carbonyl (C=O) groups is 9. The standard InChI is InChI=1S/C44H58F2N6O11/c1-3-31(47-26(2)54)40(59)49-33(20-22-37(57)58)42(61)52-39(38(28-15-9-5-10-16-28)29-17-11-6-12-18-29)44(63)50-32(19-21-36(55)56)41(60)51-34(23-27-13-7-4-8-14-27)43(62)48-30(25-53)24-35(45)46/h5-6,9-12,15-18,25,27,30-35,38-39H,3-4,7-8,13-14,19-24H2,1-2H3,(H,47,54)(H,48,62)(H,49,59)(H,50,63)(H,51,60)(H,52,61)(H,55,56)(H,57,58)/t30-,31-,32-,33-,34-,39?/m0/s1. The van der Waals surface area contributed by atoms with Crippen molar-refractivity contribution in [2.24, 2.45) is 5.92 Å². The Morgan fingerprint density at radius 1 is 0.635 bits per heavy atom. The lowest BCUT2D eigenvalue weighted by atomic mass is 9.84. The third-order valence-corrected chi connectivity index (χ3v) is 10.7. The number of aliphatic carboxylic acids is 2. The van der Waals surface area contributed by atoms with Crippen molar-refractivity contribution in [1.82, 2.24) is 31.9 Å². The lowest BCUT2D eigenvalue weighted by Crippen LogP contribution is -2.60. The fourth-order valence-electron chi connectivity index (χ4n) is 7.54. The van der Waals surface area contributed by atoms with E-state index in [9.17, 15) is 62.1 Å². The van der Waals surface area contributed by atoms with Crippen LogP contribution in [0.3, 0.4) is 0 Å². The number of benzene rings is 2. The first-order chi connectivity index (χ1) is 30.0. The Morgan fingerprint density at radius 2 is 1.10 bits per heavy atom. The molecule has 1 aliphatic carbocycles. The predicted molar refractivity (Wildman–Crippen MR) is 224 cm³/mol. The summed E-state index contributed by atoms with van der Waals surface area (Å²) in [6.45, 7) is 2.80. The number of alkyl halides is 2. The van der Waals surface area contributed by atoms with E-state index < -0.39 is 128 Å². The monoisotopic (exact) mass is 884 g/mol. The number of carboxylic acid groups (broad SMARTS) is 2. The van der Waals surface area contributed by atoms with Crippen LogP contribution in [0.15, 0.2) is 60.7 Å². The average molecular weight is 885 g/mol. The van der Waals surface area contributed by atoms with Gasteiger partial charge in [0.2, 0.25) is 41.9 Å². The zero-order valence-electron chi connectivity index (χ0n) is 35.4. The van der Waals surface area contributed by atoms with E-state index in [0.717, 1.165) is 19.3 Å². The quantitative estimate of drug-likeness (QED) is 0.0637. The molecule has 1 unspecified atom stereocenters. The van der Waals surface area contributed by atoms with Gasteiger partial charge in [-0.1, -0.05) is 99.7 Å². The van der Waals surface area contributed by atoms with Gasteiger partial charge in [-0.3, -0.25) is 38.4 Å². The molecule has 1 fully saturated rings. The van der Waals surface area contributed by atoms with Crippen molar-refractivity contribution in [1.29, 1.82) is 0 Å². The van der Waals surface area contributed by atoms with Crippen molar-refractivity contribution in [3.63, 3.8) is 0 Å². The van der Waals surface area contributed by atoms with Crippen LogP contribution in [0.5, 0.6) is 0 Å². The second kappa shape index (κ2) is 26.3. The van der Waals surface area contributed by atoms with Gasteiger partial charge in [0.05, 0.1) is 6.04 Å². The fourth-order valence-corrected chi connectivity index (χ4v) is 7.54. The van der Waals surface area contributed by atoms with Crippen LogP contribution in [0.1, 0.15) is 108 Å². The van der Waals surface area contributed by atoms with Gasteiger partial charge in [0.25, 0.3) is 0 Å². The first-order valence-corrected chi connectivity index (χ1v) is 21.1. The van der Waals surface area contributed by atoms with Gasteiger partial charge in [0.1, 0.15) is 36.5 Å². The molecule has 6 amide bonds. The highest BCUT2D eigenvalue weighted by atomic mass is 19.3. The van der Waals surface area contributed by atoms with Crippen LogP contribution in [0.25, 0.3) is 0 Å². The minimum absolute atomic E-state index is 0.0600. The summed E-state index contributed by atoms with van der Waals surface area (Å²) in [7, 11) is 0. The summed E-state index contributed by atoms with van der Waals surface area (Å²) in [5.74, 6) is -8.98. The molecule has 2 aromatic rings. The number of rotatable bonds is 26. The minimum Gasteiger partial charge on any atom is -0.481 e. The summed E-state index contributed by atoms with van der Waals surface area (Å²) in [6.07, 6.45) is -1.68. The van der Waals surface area contributed by atoms with Crippen LogP contribution >= 0.6 is 0 Å². The third-order valence-electron chi connectivity index (χ3n) is 10.7. The molecule has 8 N–H and O–H groups in total. The van der Waals surface area contributed by atoms with E-state index in [0.29, 0.717) is 24.0 Å². The molecule has 0 heterocycles. The number of hydrogen-bond acceptors (Lipinski definition) is 9. The number of carbonyl (C=O) groups excluding carboxylic acids is 7. The minimum atomic E-state index is -2.92. The van der Waals surface area contributed by atoms with Crippen molar-refractivity contribution >= 4 is 53.7 Å². The Morgan fingerprint density at radius 3 is 1.56 bits per heavy atom. The number of hydrogen-bond donors (Lipinski definition) is 8. The lowest BCUT2D eigenvalue weighted by Gasteiger charge is -2.32. The molecule has 2 aromatic carbocycles. The summed E-state index contributed by atoms with van der Waals surface area (Å²) in [4.78, 5) is 117. The Bertz CT molecular complexity index is 1830. The molecule has 6 atom stereocenters. The first-order valence-electron chi connectivity index (χ1n) is 21.1. The van der Waals surface area contributed by atoms with Crippen molar-refractivity contribution in [3.05, 3.63) is 71.8 Å². The van der Waals surface area contributed by atoms with Gasteiger partial charge in [-0.2, -0.15) is 0 Å². The van der Waals surface area contributed by atoms with E-state index in [2.05, 4.69) is 31.9 Å². The van der Waals surface area contributed by atoms with Crippen LogP contribution in [0, 0.1) is 5.92 Å². The van der Waals surface area contributed by atoms with E-state index in [1.54, 1.807) is 67.6 Å². The summed E-state index contributed by atoms with van der Waals surface area (Å²) in [6, 6.07) is 8.01. The predicted octanol–water partition coefficient (Wildman–Crippen LogP) is 2.71. The molecule has 19 heteroatoms. The van der Waals surface area contributed by atoms with Gasteiger partial charge in [-0.25, -0.2) is 8.78 Å². The molecule has 0 bridgehead atoms. The van der Waals surface area contributed by atoms with Gasteiger partial charge in [-0.15, -0.1) is 0 Å². The molecule has 0 saturated heterocycles. The Hall–Kier alpha value is -6.27. The van der Waals surface area contributed by atoms with Crippen LogP contribution in [-0.2, 0) is 43.2 Å². The Labute approximate surface area is 364 Å². The van der Waals surface area contributed by atoms with Crippen LogP contribution < -0.4 is 31.9 Å². The highest BCUT2D eigenvalue weighted by Gasteiger charge is 2.38. The normalized spacial score (nSPS) is 15.7. The van der Waals surface area contributed by atoms with Gasteiger partial charge in [-0.05, 0) is 42.7 Å². The van der Waals surface area contributed by atoms with Crippen LogP contribution in [0.2, 0.25) is 0 Å². The first kappa shape index (κ1) is 51.1. The van der Waals surface area contributed by atoms with E-state index in [1.807, 2.05) is 0 Å². The topological polar surface area (TPSA) is 266 Å². The molecule has 0 aliphatic heterocycles. The molecule has 1 aliphatic rings. The Balaban J connectivity index is 2.08. The molecule has 1 saturated carbocycles. The largest absolute Gasteiger partial charge is 0.481 e. The van der Waals surface area contributed by atoms with Crippen LogP contribution in [-0.4, -0.2) is 107 Å². The molecule has 0 spiro atoms. The summed E-state index contributed by atoms with van der Waals surface area (Å²) in [5, 5.41) is 34.1. The molecule has 3 rings (SSSR count). The molecular formula is C44H58F2N6O11. The Kier molecular flexibility index (Phi) is 21.3. The smallest absolute Gasteiger partial charge is 0.303 e. The fraction of sp³-hybridized carbons (Fsp3) is 0.523. The lowest BCUT2D eigenvalue weighted by molar-refractivity contribution is -0.139. The summed E-state index contributed by atoms with van der Waals surface area (Å²) in [5.41, 5.74) is 0.993. The number of halogens is 2. The maximum absolute atomic E-state index is 14.8. The van der Waals surface area contributed by atoms with Crippen molar-refractivity contribution in [2.45, 2.75) is 139 Å². The molecular weight excluding hydrogens is 827 g/mol. The molecule has 0 aromatic heterocycles. The summed E-state index contributed by atoms with van der Waals surface area (Å²) >= 11 is 0. The van der Waals surface area contributed by atoms with Crippen molar-refractivity contribution < 1.29 is 62.1 Å². The number of amides is 6. The van der Waals surface area contributed by atoms with Gasteiger partial charge in [0, 0.05) is 32.1 Å². The van der Waals surface area contributed by atoms with E-state index in [1.165, 1.54) is 6.92 Å². The molecule has 63 heavy (non-hydrogen) atoms. The average Bonchev–Trinajstić information content (AvgIpc) is 3.25. The molecule has 0 radical (unpaired) electrons. The number of aldehydes is 1. The van der Waals surface area contributed by atoms with E-state index in [4.69, 9.17) is 0 Å². The highest BCUT2D eigenvalue weighted by molar-refractivity contribution is 5.97. The van der Waals surface area contributed by atoms with E-state index in [-0.39, 0.29) is 25.0 Å². The zero-order valence-corrected chi connectivity index (χ0v) is 35.4. The van der Waals surface area contributed by atoms with Gasteiger partial charge in [0.15, 0.2) is 0 Å². The second-order valence-electron chi connectivity index (χ2n) is 15.6. The van der Waals surface area contributed by atoms with Gasteiger partial charge >= 0.3 is 11.9 Å². The maximum Gasteiger partial charge on any atom is 0.303 e. The zero-order chi connectivity index (χ0) is 46.5.